The van der Waals surface area contributed by atoms with Crippen LogP contribution in [0.5, 0.6) is 0 Å². The van der Waals surface area contributed by atoms with E-state index in [2.05, 4.69) is 0 Å². The van der Waals surface area contributed by atoms with E-state index < -0.39 is 24.3 Å². The van der Waals surface area contributed by atoms with Gasteiger partial charge in [-0.05, 0) is 24.2 Å². The van der Waals surface area contributed by atoms with Crippen LogP contribution >= 0.6 is 69.6 Å². The fourth-order valence-electron chi connectivity index (χ4n) is 6.19. The van der Waals surface area contributed by atoms with Crippen LogP contribution in [0.2, 0.25) is 0 Å². The van der Waals surface area contributed by atoms with Gasteiger partial charge in [0.25, 0.3) is 0 Å². The molecular formula is C12H8Cl6O. The standard InChI is InChI=1S/C12H8Cl6O/c13-8-9(14)6-2-1-3(7(6)19)4-5(2)11(9,16)12(17,18)10(4,8)15/h2-6,8H,1H2/t2-,3-,4+,5+,6-,8-,9-,10-,11+/m1/s1. The van der Waals surface area contributed by atoms with Gasteiger partial charge in [0.1, 0.15) is 15.5 Å². The summed E-state index contributed by atoms with van der Waals surface area (Å²) in [5, 5.41) is -0.693. The number of rotatable bonds is 0. The Balaban J connectivity index is 1.95. The minimum absolute atomic E-state index is 0.00173. The highest BCUT2D eigenvalue weighted by molar-refractivity contribution is 6.64. The maximum atomic E-state index is 12.6. The third-order valence-corrected chi connectivity index (χ3v) is 11.5. The van der Waals surface area contributed by atoms with E-state index in [9.17, 15) is 4.79 Å². The monoisotopic (exact) mass is 378 g/mol. The third kappa shape index (κ3) is 0.788. The number of hydrogen-bond donors (Lipinski definition) is 0. The minimum Gasteiger partial charge on any atom is -0.299 e. The van der Waals surface area contributed by atoms with Crippen molar-refractivity contribution in [2.45, 2.75) is 30.8 Å². The highest BCUT2D eigenvalue weighted by Gasteiger charge is 3.00. The van der Waals surface area contributed by atoms with Crippen LogP contribution in [-0.2, 0) is 4.79 Å². The first-order chi connectivity index (χ1) is 8.66. The summed E-state index contributed by atoms with van der Waals surface area (Å²) >= 11 is 40.2. The quantitative estimate of drug-likeness (QED) is 0.584. The highest BCUT2D eigenvalue weighted by atomic mass is 35.5. The number of ketones is 1. The van der Waals surface area contributed by atoms with E-state index in [-0.39, 0.29) is 35.4 Å². The lowest BCUT2D eigenvalue weighted by Gasteiger charge is -2.41. The van der Waals surface area contributed by atoms with Crippen molar-refractivity contribution in [3.05, 3.63) is 0 Å². The molecule has 5 aliphatic rings. The molecule has 1 nitrogen and oxygen atoms in total. The van der Waals surface area contributed by atoms with Crippen LogP contribution in [0.15, 0.2) is 0 Å². The molecule has 7 heteroatoms. The van der Waals surface area contributed by atoms with Gasteiger partial charge in [-0.1, -0.05) is 23.2 Å². The van der Waals surface area contributed by atoms with Crippen LogP contribution in [0.4, 0.5) is 0 Å². The van der Waals surface area contributed by atoms with Crippen LogP contribution in [-0.4, -0.2) is 30.1 Å². The van der Waals surface area contributed by atoms with Crippen molar-refractivity contribution in [1.29, 1.82) is 0 Å². The second-order valence-corrected chi connectivity index (χ2v) is 10.2. The van der Waals surface area contributed by atoms with Crippen LogP contribution in [0.3, 0.4) is 0 Å². The Hall–Kier alpha value is 1.41. The molecule has 5 saturated carbocycles. The molecule has 4 bridgehead atoms. The zero-order chi connectivity index (χ0) is 13.7. The van der Waals surface area contributed by atoms with E-state index in [0.29, 0.717) is 0 Å². The lowest BCUT2D eigenvalue weighted by molar-refractivity contribution is -0.126. The van der Waals surface area contributed by atoms with Gasteiger partial charge >= 0.3 is 0 Å². The maximum absolute atomic E-state index is 12.6. The second kappa shape index (κ2) is 2.93. The minimum atomic E-state index is -1.40. The Kier molecular flexibility index (Phi) is 1.99. The molecular weight excluding hydrogens is 373 g/mol. The average Bonchev–Trinajstić information content (AvgIpc) is 2.95. The largest absolute Gasteiger partial charge is 0.299 e. The Morgan fingerprint density at radius 2 is 1.63 bits per heavy atom. The van der Waals surface area contributed by atoms with Gasteiger partial charge in [-0.15, -0.1) is 46.4 Å². The molecule has 5 rings (SSSR count). The molecule has 0 radical (unpaired) electrons. The fourth-order valence-corrected chi connectivity index (χ4v) is 10.2. The van der Waals surface area contributed by atoms with E-state index in [1.807, 2.05) is 0 Å². The Labute approximate surface area is 140 Å². The molecule has 0 unspecified atom stereocenters. The first-order valence-corrected chi connectivity index (χ1v) is 8.61. The smallest absolute Gasteiger partial charge is 0.160 e. The van der Waals surface area contributed by atoms with Gasteiger partial charge in [-0.3, -0.25) is 4.79 Å². The molecule has 0 spiro atoms. The maximum Gasteiger partial charge on any atom is 0.160 e. The highest BCUT2D eigenvalue weighted by Crippen LogP contribution is 2.90. The van der Waals surface area contributed by atoms with Crippen molar-refractivity contribution in [2.75, 3.05) is 0 Å². The van der Waals surface area contributed by atoms with E-state index in [0.717, 1.165) is 6.42 Å². The van der Waals surface area contributed by atoms with Crippen molar-refractivity contribution in [1.82, 2.24) is 0 Å². The number of halogens is 6. The molecule has 0 N–H and O–H groups in total. The van der Waals surface area contributed by atoms with Gasteiger partial charge in [0.15, 0.2) is 4.33 Å². The number of alkyl halides is 6. The summed E-state index contributed by atoms with van der Waals surface area (Å²) in [5.74, 6) is -0.312. The number of carbonyl (C=O) groups excluding carboxylic acids is 1. The molecule has 19 heavy (non-hydrogen) atoms. The molecule has 9 atom stereocenters. The van der Waals surface area contributed by atoms with Gasteiger partial charge in [0.2, 0.25) is 0 Å². The first-order valence-electron chi connectivity index (χ1n) is 6.29. The topological polar surface area (TPSA) is 17.1 Å². The van der Waals surface area contributed by atoms with E-state index in [1.165, 1.54) is 0 Å². The van der Waals surface area contributed by atoms with E-state index >= 15 is 0 Å². The van der Waals surface area contributed by atoms with Gasteiger partial charge in [-0.25, -0.2) is 0 Å². The van der Waals surface area contributed by atoms with Gasteiger partial charge < -0.3 is 0 Å². The third-order valence-electron chi connectivity index (χ3n) is 6.54. The van der Waals surface area contributed by atoms with E-state index in [4.69, 9.17) is 69.6 Å². The summed E-state index contributed by atoms with van der Waals surface area (Å²) in [6, 6.07) is 0. The van der Waals surface area contributed by atoms with Gasteiger partial charge in [0, 0.05) is 11.8 Å². The molecule has 0 aromatic carbocycles. The Morgan fingerprint density at radius 1 is 1.00 bits per heavy atom. The lowest BCUT2D eigenvalue weighted by atomic mass is 9.76. The van der Waals surface area contributed by atoms with Crippen molar-refractivity contribution in [3.63, 3.8) is 0 Å². The summed E-state index contributed by atoms with van der Waals surface area (Å²) in [4.78, 5) is 9.19. The van der Waals surface area contributed by atoms with Gasteiger partial charge in [-0.2, -0.15) is 0 Å². The summed E-state index contributed by atoms with van der Waals surface area (Å²) in [6.45, 7) is 0. The van der Waals surface area contributed by atoms with Crippen LogP contribution in [0, 0.1) is 29.6 Å². The molecule has 5 fully saturated rings. The molecule has 0 aromatic heterocycles. The Morgan fingerprint density at radius 3 is 2.26 bits per heavy atom. The predicted molar refractivity (Wildman–Crippen MR) is 76.9 cm³/mol. The van der Waals surface area contributed by atoms with Crippen molar-refractivity contribution in [2.24, 2.45) is 29.6 Å². The molecule has 0 aliphatic heterocycles. The zero-order valence-electron chi connectivity index (χ0n) is 9.35. The number of Topliss-reactive ketones (excluding diaryl/α,β-unsaturated/α-hetero) is 1. The van der Waals surface area contributed by atoms with Crippen LogP contribution in [0.25, 0.3) is 0 Å². The average molecular weight is 381 g/mol. The molecule has 104 valence electrons. The van der Waals surface area contributed by atoms with Crippen molar-refractivity contribution >= 4 is 75.4 Å². The first kappa shape index (κ1) is 12.9. The SMILES string of the molecule is O=C1[C@@H]2C[C@@H]3[C@H]4[C@H]2[C@@]2(Cl)[C@H](Cl)[C@](Cl)([C@@H]13)[C@]4(Cl)C2(Cl)Cl. The number of fused-ring (bicyclic) bond motifs is 5. The van der Waals surface area contributed by atoms with Crippen LogP contribution in [0.1, 0.15) is 6.42 Å². The second-order valence-electron chi connectivity index (χ2n) is 6.62. The Bertz CT molecular complexity index is 564. The van der Waals surface area contributed by atoms with E-state index in [1.54, 1.807) is 0 Å². The summed E-state index contributed by atoms with van der Waals surface area (Å²) < 4.78 is -1.40. The molecule has 0 heterocycles. The van der Waals surface area contributed by atoms with Crippen LogP contribution < -0.4 is 0 Å². The van der Waals surface area contributed by atoms with Crippen molar-refractivity contribution < 1.29 is 4.79 Å². The summed E-state index contributed by atoms with van der Waals surface area (Å²) in [5.41, 5.74) is 0. The lowest BCUT2D eigenvalue weighted by Crippen LogP contribution is -2.54. The van der Waals surface area contributed by atoms with Crippen molar-refractivity contribution in [3.8, 4) is 0 Å². The molecule has 0 saturated heterocycles. The fraction of sp³-hybridized carbons (Fsp3) is 0.917. The molecule has 0 aromatic rings. The summed E-state index contributed by atoms with van der Waals surface area (Å²) in [6.07, 6.45) is 0.809. The molecule has 0 amide bonds. The normalized spacial score (nSPS) is 73.7. The summed E-state index contributed by atoms with van der Waals surface area (Å²) in [7, 11) is 0. The number of carbonyl (C=O) groups is 1. The predicted octanol–water partition coefficient (Wildman–Crippen LogP) is 3.81. The number of hydrogen-bond acceptors (Lipinski definition) is 1. The molecule has 5 aliphatic carbocycles. The van der Waals surface area contributed by atoms with Gasteiger partial charge in [0.05, 0.1) is 10.3 Å². The zero-order valence-corrected chi connectivity index (χ0v) is 13.9.